The normalized spacial score (nSPS) is 19.2. The molecule has 0 saturated heterocycles. The molecule has 3 N–H and O–H groups in total. The Morgan fingerprint density at radius 1 is 1.50 bits per heavy atom. The Morgan fingerprint density at radius 2 is 2.12 bits per heavy atom. The van der Waals surface area contributed by atoms with Crippen LogP contribution in [0.4, 0.5) is 0 Å². The molecule has 0 bridgehead atoms. The Hall–Kier alpha value is -0.930. The van der Waals surface area contributed by atoms with Gasteiger partial charge < -0.3 is 15.6 Å². The summed E-state index contributed by atoms with van der Waals surface area (Å²) < 4.78 is 5.24. The Labute approximate surface area is 100 Å². The molecule has 0 radical (unpaired) electrons. The van der Waals surface area contributed by atoms with Crippen LogP contribution in [-0.4, -0.2) is 18.3 Å². The first-order valence-electron chi connectivity index (χ1n) is 5.34. The van der Waals surface area contributed by atoms with E-state index in [0.29, 0.717) is 10.8 Å². The van der Waals surface area contributed by atoms with Gasteiger partial charge in [0.25, 0.3) is 0 Å². The summed E-state index contributed by atoms with van der Waals surface area (Å²) in [6.45, 7) is 1.98. The van der Waals surface area contributed by atoms with Gasteiger partial charge in [-0.3, -0.25) is 0 Å². The summed E-state index contributed by atoms with van der Waals surface area (Å²) in [5.41, 5.74) is 6.92. The fourth-order valence-corrected chi connectivity index (χ4v) is 2.40. The van der Waals surface area contributed by atoms with Crippen LogP contribution in [0.15, 0.2) is 12.1 Å². The van der Waals surface area contributed by atoms with Crippen LogP contribution < -0.4 is 10.5 Å². The number of aromatic hydroxyl groups is 1. The van der Waals surface area contributed by atoms with E-state index in [1.807, 2.05) is 13.0 Å². The maximum absolute atomic E-state index is 9.85. The number of ether oxygens (including phenoxy) is 1. The summed E-state index contributed by atoms with van der Waals surface area (Å²) in [7, 11) is 1.53. The topological polar surface area (TPSA) is 55.5 Å². The molecular weight excluding hydrogens is 226 g/mol. The highest BCUT2D eigenvalue weighted by Gasteiger charge is 2.49. The van der Waals surface area contributed by atoms with E-state index in [4.69, 9.17) is 22.1 Å². The second-order valence-corrected chi connectivity index (χ2v) is 4.83. The molecule has 1 saturated carbocycles. The first-order valence-corrected chi connectivity index (χ1v) is 5.72. The van der Waals surface area contributed by atoms with Crippen molar-refractivity contribution in [1.29, 1.82) is 0 Å². The van der Waals surface area contributed by atoms with Crippen LogP contribution in [0.3, 0.4) is 0 Å². The van der Waals surface area contributed by atoms with Crippen molar-refractivity contribution >= 4 is 11.6 Å². The lowest BCUT2D eigenvalue weighted by Gasteiger charge is -2.23. The van der Waals surface area contributed by atoms with Crippen molar-refractivity contribution in [2.45, 2.75) is 31.2 Å². The molecule has 0 heterocycles. The van der Waals surface area contributed by atoms with Gasteiger partial charge in [0.2, 0.25) is 0 Å². The molecule has 4 heteroatoms. The Bertz CT molecular complexity index is 414. The number of hydrogen-bond donors (Lipinski definition) is 2. The molecule has 1 aliphatic rings. The average molecular weight is 242 g/mol. The molecule has 0 spiro atoms. The maximum Gasteiger partial charge on any atom is 0.177 e. The summed E-state index contributed by atoms with van der Waals surface area (Å²) in [5.74, 6) is 0.468. The molecule has 16 heavy (non-hydrogen) atoms. The smallest absolute Gasteiger partial charge is 0.177 e. The molecule has 2 rings (SSSR count). The highest BCUT2D eigenvalue weighted by Crippen LogP contribution is 2.55. The van der Waals surface area contributed by atoms with Crippen molar-refractivity contribution in [3.8, 4) is 11.5 Å². The molecule has 1 unspecified atom stereocenters. The van der Waals surface area contributed by atoms with Crippen molar-refractivity contribution in [2.75, 3.05) is 7.11 Å². The van der Waals surface area contributed by atoms with Crippen molar-refractivity contribution in [3.63, 3.8) is 0 Å². The number of rotatable bonds is 3. The van der Waals surface area contributed by atoms with E-state index in [1.54, 1.807) is 6.07 Å². The second-order valence-electron chi connectivity index (χ2n) is 4.42. The van der Waals surface area contributed by atoms with Gasteiger partial charge in [0.05, 0.1) is 12.1 Å². The highest BCUT2D eigenvalue weighted by molar-refractivity contribution is 6.32. The Morgan fingerprint density at radius 3 is 2.56 bits per heavy atom. The minimum absolute atomic E-state index is 0.00796. The number of hydrogen-bond acceptors (Lipinski definition) is 3. The third-order valence-corrected chi connectivity index (χ3v) is 3.79. The summed E-state index contributed by atoms with van der Waals surface area (Å²) in [6.07, 6.45) is 2.06. The Balaban J connectivity index is 2.54. The predicted octanol–water partition coefficient (Wildman–Crippen LogP) is 2.43. The van der Waals surface area contributed by atoms with E-state index in [2.05, 4.69) is 0 Å². The van der Waals surface area contributed by atoms with Crippen molar-refractivity contribution < 1.29 is 9.84 Å². The van der Waals surface area contributed by atoms with E-state index in [1.165, 1.54) is 7.11 Å². The molecule has 1 aromatic carbocycles. The molecule has 1 atom stereocenters. The molecule has 0 aromatic heterocycles. The summed E-state index contributed by atoms with van der Waals surface area (Å²) >= 11 is 5.85. The van der Waals surface area contributed by atoms with E-state index in [0.717, 1.165) is 18.4 Å². The van der Waals surface area contributed by atoms with E-state index >= 15 is 0 Å². The van der Waals surface area contributed by atoms with E-state index < -0.39 is 0 Å². The van der Waals surface area contributed by atoms with Gasteiger partial charge in [0.1, 0.15) is 0 Å². The molecule has 0 amide bonds. The monoisotopic (exact) mass is 241 g/mol. The summed E-state index contributed by atoms with van der Waals surface area (Å²) in [4.78, 5) is 0. The number of nitrogens with two attached hydrogens (primary N) is 1. The molecule has 1 aromatic rings. The largest absolute Gasteiger partial charge is 0.503 e. The average Bonchev–Trinajstić information content (AvgIpc) is 3.02. The molecule has 3 nitrogen and oxygen atoms in total. The van der Waals surface area contributed by atoms with Crippen LogP contribution >= 0.6 is 11.6 Å². The molecule has 0 aliphatic heterocycles. The lowest BCUT2D eigenvalue weighted by molar-refractivity contribution is 0.361. The van der Waals surface area contributed by atoms with Crippen LogP contribution in [0.1, 0.15) is 25.3 Å². The zero-order chi connectivity index (χ0) is 11.9. The zero-order valence-electron chi connectivity index (χ0n) is 9.46. The number of benzene rings is 1. The Kier molecular flexibility index (Phi) is 2.76. The third kappa shape index (κ3) is 1.55. The van der Waals surface area contributed by atoms with Gasteiger partial charge in [-0.05, 0) is 25.8 Å². The van der Waals surface area contributed by atoms with Gasteiger partial charge >= 0.3 is 0 Å². The van der Waals surface area contributed by atoms with Crippen LogP contribution in [0.5, 0.6) is 11.5 Å². The van der Waals surface area contributed by atoms with Crippen molar-refractivity contribution in [2.24, 2.45) is 5.73 Å². The van der Waals surface area contributed by atoms with Gasteiger partial charge in [-0.15, -0.1) is 0 Å². The fourth-order valence-electron chi connectivity index (χ4n) is 2.25. The van der Waals surface area contributed by atoms with Crippen molar-refractivity contribution in [1.82, 2.24) is 0 Å². The second kappa shape index (κ2) is 3.82. The SMILES string of the molecule is COc1c(C2(C(C)N)CC2)ccc(Cl)c1O. The lowest BCUT2D eigenvalue weighted by Crippen LogP contribution is -2.31. The molecular formula is C12H16ClNO2. The van der Waals surface area contributed by atoms with E-state index in [-0.39, 0.29) is 17.2 Å². The maximum atomic E-state index is 9.85. The quantitative estimate of drug-likeness (QED) is 0.855. The van der Waals surface area contributed by atoms with Gasteiger partial charge in [-0.1, -0.05) is 17.7 Å². The van der Waals surface area contributed by atoms with Gasteiger partial charge in [-0.2, -0.15) is 0 Å². The summed E-state index contributed by atoms with van der Waals surface area (Å²) in [5, 5.41) is 10.2. The zero-order valence-corrected chi connectivity index (χ0v) is 10.2. The number of phenols is 1. The highest BCUT2D eigenvalue weighted by atomic mass is 35.5. The number of phenolic OH excluding ortho intramolecular Hbond substituents is 1. The fraction of sp³-hybridized carbons (Fsp3) is 0.500. The minimum atomic E-state index is -0.0482. The van der Waals surface area contributed by atoms with E-state index in [9.17, 15) is 5.11 Å². The van der Waals surface area contributed by atoms with Gasteiger partial charge in [0.15, 0.2) is 11.5 Å². The minimum Gasteiger partial charge on any atom is -0.503 e. The summed E-state index contributed by atoms with van der Waals surface area (Å²) in [6, 6.07) is 3.64. The molecule has 88 valence electrons. The molecule has 1 fully saturated rings. The number of halogens is 1. The lowest BCUT2D eigenvalue weighted by atomic mass is 9.88. The first kappa shape index (κ1) is 11.6. The van der Waals surface area contributed by atoms with Gasteiger partial charge in [-0.25, -0.2) is 0 Å². The van der Waals surface area contributed by atoms with Crippen LogP contribution in [0, 0.1) is 0 Å². The van der Waals surface area contributed by atoms with Crippen molar-refractivity contribution in [3.05, 3.63) is 22.7 Å². The third-order valence-electron chi connectivity index (χ3n) is 3.48. The molecule has 1 aliphatic carbocycles. The number of methoxy groups -OCH3 is 1. The first-order chi connectivity index (χ1) is 7.53. The standard InChI is InChI=1S/C12H16ClNO2/c1-7(14)12(5-6-12)8-3-4-9(13)10(15)11(8)16-2/h3-4,7,15H,5-6,14H2,1-2H3. The van der Waals surface area contributed by atoms with Crippen LogP contribution in [0.25, 0.3) is 0 Å². The van der Waals surface area contributed by atoms with Crippen LogP contribution in [0.2, 0.25) is 5.02 Å². The van der Waals surface area contributed by atoms with Gasteiger partial charge in [0, 0.05) is 17.0 Å². The van der Waals surface area contributed by atoms with Crippen LogP contribution in [-0.2, 0) is 5.41 Å². The predicted molar refractivity (Wildman–Crippen MR) is 64.2 cm³/mol.